The lowest BCUT2D eigenvalue weighted by atomic mass is 10.0. The molecule has 1 atom stereocenters. The van der Waals surface area contributed by atoms with Gasteiger partial charge in [-0.05, 0) is 49.1 Å². The molecule has 1 unspecified atom stereocenters. The molecular weight excluding hydrogens is 311 g/mol. The second kappa shape index (κ2) is 7.43. The van der Waals surface area contributed by atoms with Gasteiger partial charge in [0.25, 0.3) is 0 Å². The van der Waals surface area contributed by atoms with E-state index in [1.165, 1.54) is 9.75 Å². The lowest BCUT2D eigenvalue weighted by Gasteiger charge is -2.16. The van der Waals surface area contributed by atoms with Crippen molar-refractivity contribution < 1.29 is 0 Å². The summed E-state index contributed by atoms with van der Waals surface area (Å²) in [5, 5.41) is 1.35. The number of hydrogen-bond donors (Lipinski definition) is 2. The first-order valence-corrected chi connectivity index (χ1v) is 8.17. The standard InChI is InChI=1S/C15H18Cl2N2S/c1-2-13-5-6-14(20-13)9-12(19-18)7-10-3-4-11(16)8-15(10)17/h3-6,8,12,19H,2,7,9,18H2,1H3. The molecule has 0 spiro atoms. The van der Waals surface area contributed by atoms with E-state index in [2.05, 4.69) is 24.5 Å². The van der Waals surface area contributed by atoms with Crippen LogP contribution in [0.25, 0.3) is 0 Å². The third-order valence-electron chi connectivity index (χ3n) is 3.23. The molecule has 2 nitrogen and oxygen atoms in total. The molecule has 0 saturated carbocycles. The van der Waals surface area contributed by atoms with Crippen molar-refractivity contribution in [2.24, 2.45) is 5.84 Å². The minimum atomic E-state index is 0.164. The van der Waals surface area contributed by atoms with Gasteiger partial charge in [0.1, 0.15) is 0 Å². The van der Waals surface area contributed by atoms with E-state index in [0.29, 0.717) is 10.0 Å². The fourth-order valence-electron chi connectivity index (χ4n) is 2.11. The Hall–Kier alpha value is -0.580. The molecule has 108 valence electrons. The minimum absolute atomic E-state index is 0.164. The fraction of sp³-hybridized carbons (Fsp3) is 0.333. The zero-order chi connectivity index (χ0) is 14.5. The van der Waals surface area contributed by atoms with Crippen LogP contribution in [0.5, 0.6) is 0 Å². The van der Waals surface area contributed by atoms with Gasteiger partial charge in [-0.3, -0.25) is 11.3 Å². The van der Waals surface area contributed by atoms with Crippen molar-refractivity contribution in [1.29, 1.82) is 0 Å². The summed E-state index contributed by atoms with van der Waals surface area (Å²) >= 11 is 14.0. The molecule has 3 N–H and O–H groups in total. The predicted octanol–water partition coefficient (Wildman–Crippen LogP) is 4.23. The summed E-state index contributed by atoms with van der Waals surface area (Å²) in [6, 6.07) is 10.1. The summed E-state index contributed by atoms with van der Waals surface area (Å²) in [6.07, 6.45) is 2.76. The molecule has 1 aromatic carbocycles. The molecule has 20 heavy (non-hydrogen) atoms. The van der Waals surface area contributed by atoms with Crippen molar-refractivity contribution in [3.05, 3.63) is 55.7 Å². The lowest BCUT2D eigenvalue weighted by Crippen LogP contribution is -2.38. The number of nitrogens with two attached hydrogens (primary N) is 1. The van der Waals surface area contributed by atoms with E-state index in [1.807, 2.05) is 23.5 Å². The average molecular weight is 329 g/mol. The highest BCUT2D eigenvalue weighted by Crippen LogP contribution is 2.24. The average Bonchev–Trinajstić information content (AvgIpc) is 2.88. The molecule has 0 bridgehead atoms. The maximum atomic E-state index is 6.21. The fourth-order valence-corrected chi connectivity index (χ4v) is 3.63. The van der Waals surface area contributed by atoms with Crippen LogP contribution in [0.2, 0.25) is 10.0 Å². The molecule has 0 aliphatic rings. The molecule has 2 rings (SSSR count). The van der Waals surface area contributed by atoms with Crippen LogP contribution in [0.3, 0.4) is 0 Å². The second-order valence-electron chi connectivity index (χ2n) is 4.73. The zero-order valence-electron chi connectivity index (χ0n) is 11.3. The molecule has 1 heterocycles. The molecule has 0 aliphatic heterocycles. The van der Waals surface area contributed by atoms with Gasteiger partial charge in [0, 0.05) is 25.8 Å². The van der Waals surface area contributed by atoms with E-state index in [4.69, 9.17) is 29.0 Å². The smallest absolute Gasteiger partial charge is 0.0453 e. The Labute approximate surface area is 133 Å². The number of benzene rings is 1. The number of aryl methyl sites for hydroxylation is 1. The maximum absolute atomic E-state index is 6.21. The molecule has 0 saturated heterocycles. The van der Waals surface area contributed by atoms with Crippen LogP contribution < -0.4 is 11.3 Å². The van der Waals surface area contributed by atoms with Gasteiger partial charge >= 0.3 is 0 Å². The number of halogens is 2. The summed E-state index contributed by atoms with van der Waals surface area (Å²) in [5.74, 6) is 5.67. The number of rotatable bonds is 6. The lowest BCUT2D eigenvalue weighted by molar-refractivity contribution is 0.526. The number of hydrazine groups is 1. The topological polar surface area (TPSA) is 38.0 Å². The van der Waals surface area contributed by atoms with Crippen LogP contribution in [0.15, 0.2) is 30.3 Å². The van der Waals surface area contributed by atoms with Gasteiger partial charge in [0.2, 0.25) is 0 Å². The highest BCUT2D eigenvalue weighted by Gasteiger charge is 2.12. The first-order valence-electron chi connectivity index (χ1n) is 6.60. The van der Waals surface area contributed by atoms with Crippen molar-refractivity contribution in [3.63, 3.8) is 0 Å². The summed E-state index contributed by atoms with van der Waals surface area (Å²) in [7, 11) is 0. The van der Waals surface area contributed by atoms with Crippen LogP contribution in [0, 0.1) is 0 Å². The van der Waals surface area contributed by atoms with Gasteiger partial charge in [-0.1, -0.05) is 36.2 Å². The van der Waals surface area contributed by atoms with E-state index in [9.17, 15) is 0 Å². The summed E-state index contributed by atoms with van der Waals surface area (Å²) in [5.41, 5.74) is 3.94. The maximum Gasteiger partial charge on any atom is 0.0453 e. The van der Waals surface area contributed by atoms with Crippen LogP contribution in [0.4, 0.5) is 0 Å². The normalized spacial score (nSPS) is 12.6. The molecule has 0 fully saturated rings. The Morgan fingerprint density at radius 1 is 1.15 bits per heavy atom. The molecule has 0 radical (unpaired) electrons. The van der Waals surface area contributed by atoms with Gasteiger partial charge in [-0.2, -0.15) is 0 Å². The van der Waals surface area contributed by atoms with Gasteiger partial charge in [0.15, 0.2) is 0 Å². The highest BCUT2D eigenvalue weighted by molar-refractivity contribution is 7.11. The Balaban J connectivity index is 2.04. The Kier molecular flexibility index (Phi) is 5.87. The monoisotopic (exact) mass is 328 g/mol. The molecule has 5 heteroatoms. The SMILES string of the molecule is CCc1ccc(CC(Cc2ccc(Cl)cc2Cl)NN)s1. The van der Waals surface area contributed by atoms with Crippen LogP contribution in [-0.4, -0.2) is 6.04 Å². The van der Waals surface area contributed by atoms with Crippen molar-refractivity contribution in [2.45, 2.75) is 32.2 Å². The largest absolute Gasteiger partial charge is 0.271 e. The van der Waals surface area contributed by atoms with Gasteiger partial charge in [-0.25, -0.2) is 0 Å². The van der Waals surface area contributed by atoms with Gasteiger partial charge in [0.05, 0.1) is 0 Å². The Bertz CT molecular complexity index is 569. The van der Waals surface area contributed by atoms with E-state index < -0.39 is 0 Å². The number of thiophene rings is 1. The minimum Gasteiger partial charge on any atom is -0.271 e. The molecule has 1 aromatic heterocycles. The van der Waals surface area contributed by atoms with E-state index >= 15 is 0 Å². The zero-order valence-corrected chi connectivity index (χ0v) is 13.7. The second-order valence-corrected chi connectivity index (χ2v) is 6.83. The summed E-state index contributed by atoms with van der Waals surface area (Å²) in [6.45, 7) is 2.17. The quantitative estimate of drug-likeness (QED) is 0.615. The highest BCUT2D eigenvalue weighted by atomic mass is 35.5. The van der Waals surface area contributed by atoms with Crippen molar-refractivity contribution in [3.8, 4) is 0 Å². The molecule has 0 amide bonds. The van der Waals surface area contributed by atoms with Crippen LogP contribution in [-0.2, 0) is 19.3 Å². The van der Waals surface area contributed by atoms with Gasteiger partial charge < -0.3 is 0 Å². The van der Waals surface area contributed by atoms with Crippen LogP contribution in [0.1, 0.15) is 22.2 Å². The van der Waals surface area contributed by atoms with Crippen molar-refractivity contribution in [2.75, 3.05) is 0 Å². The molecular formula is C15H18Cl2N2S. The third kappa shape index (κ3) is 4.21. The predicted molar refractivity (Wildman–Crippen MR) is 88.7 cm³/mol. The molecule has 2 aromatic rings. The first-order chi connectivity index (χ1) is 9.62. The molecule has 0 aliphatic carbocycles. The third-order valence-corrected chi connectivity index (χ3v) is 5.07. The van der Waals surface area contributed by atoms with Crippen molar-refractivity contribution >= 4 is 34.5 Å². The van der Waals surface area contributed by atoms with Crippen molar-refractivity contribution in [1.82, 2.24) is 5.43 Å². The van der Waals surface area contributed by atoms with Crippen LogP contribution >= 0.6 is 34.5 Å². The Morgan fingerprint density at radius 3 is 2.50 bits per heavy atom. The van der Waals surface area contributed by atoms with E-state index in [-0.39, 0.29) is 6.04 Å². The number of hydrogen-bond acceptors (Lipinski definition) is 3. The van der Waals surface area contributed by atoms with E-state index in [1.54, 1.807) is 6.07 Å². The summed E-state index contributed by atoms with van der Waals surface area (Å²) < 4.78 is 0. The van der Waals surface area contributed by atoms with Gasteiger partial charge in [-0.15, -0.1) is 11.3 Å². The van der Waals surface area contributed by atoms with E-state index in [0.717, 1.165) is 24.8 Å². The summed E-state index contributed by atoms with van der Waals surface area (Å²) in [4.78, 5) is 2.75. The number of nitrogens with one attached hydrogen (secondary N) is 1. The first kappa shape index (κ1) is 15.8. The Morgan fingerprint density at radius 2 is 1.90 bits per heavy atom.